The number of nitrogens with zero attached hydrogens (tertiary/aromatic N) is 2. The van der Waals surface area contributed by atoms with Crippen molar-refractivity contribution in [2.75, 3.05) is 31.6 Å². The molecule has 0 saturated heterocycles. The summed E-state index contributed by atoms with van der Waals surface area (Å²) in [6.07, 6.45) is 3.08. The molecule has 0 aromatic carbocycles. The minimum Gasteiger partial charge on any atom is -0.358 e. The van der Waals surface area contributed by atoms with E-state index < -0.39 is 0 Å². The van der Waals surface area contributed by atoms with Crippen LogP contribution in [0, 0.1) is 0 Å². The summed E-state index contributed by atoms with van der Waals surface area (Å²) < 4.78 is 1.31. The molecule has 2 heterocycles. The number of fused-ring (bicyclic) bond motifs is 1. The van der Waals surface area contributed by atoms with Gasteiger partial charge in [0.1, 0.15) is 5.82 Å². The molecule has 0 saturated carbocycles. The average molecular weight is 249 g/mol. The minimum atomic E-state index is 0.988. The van der Waals surface area contributed by atoms with Crippen LogP contribution >= 0.6 is 11.3 Å². The summed E-state index contributed by atoms with van der Waals surface area (Å²) in [6.45, 7) is 5.27. The maximum Gasteiger partial charge on any atom is 0.137 e. The van der Waals surface area contributed by atoms with E-state index in [1.165, 1.54) is 16.5 Å². The van der Waals surface area contributed by atoms with Gasteiger partial charge in [-0.2, -0.15) is 0 Å². The molecular weight excluding hydrogens is 230 g/mol. The lowest BCUT2D eigenvalue weighted by atomic mass is 10.3. The van der Waals surface area contributed by atoms with Crippen molar-refractivity contribution in [3.05, 3.63) is 23.7 Å². The summed E-state index contributed by atoms with van der Waals surface area (Å²) in [5.74, 6) is 1.09. The maximum atomic E-state index is 4.48. The van der Waals surface area contributed by atoms with Gasteiger partial charge in [0.05, 0.1) is 0 Å². The van der Waals surface area contributed by atoms with Gasteiger partial charge in [0.25, 0.3) is 0 Å². The highest BCUT2D eigenvalue weighted by atomic mass is 32.1. The van der Waals surface area contributed by atoms with Crippen molar-refractivity contribution in [1.29, 1.82) is 0 Å². The molecule has 0 aliphatic rings. The van der Waals surface area contributed by atoms with Gasteiger partial charge in [-0.1, -0.05) is 6.92 Å². The molecule has 4 heteroatoms. The molecule has 2 aromatic heterocycles. The fraction of sp³-hybridized carbons (Fsp3) is 0.462. The Morgan fingerprint density at radius 1 is 1.35 bits per heavy atom. The molecule has 0 amide bonds. The summed E-state index contributed by atoms with van der Waals surface area (Å²) in [6, 6.07) is 4.23. The SMILES string of the molecule is CCCNCCN(C)c1nccc2sccc12. The molecule has 0 aliphatic heterocycles. The highest BCUT2D eigenvalue weighted by molar-refractivity contribution is 7.17. The Labute approximate surface area is 106 Å². The van der Waals surface area contributed by atoms with E-state index in [1.54, 1.807) is 11.3 Å². The molecule has 0 bridgehead atoms. The lowest BCUT2D eigenvalue weighted by Crippen LogP contribution is -2.30. The maximum absolute atomic E-state index is 4.48. The summed E-state index contributed by atoms with van der Waals surface area (Å²) in [5.41, 5.74) is 0. The topological polar surface area (TPSA) is 28.2 Å². The molecule has 92 valence electrons. The molecule has 0 atom stereocenters. The predicted octanol–water partition coefficient (Wildman–Crippen LogP) is 2.73. The zero-order valence-corrected chi connectivity index (χ0v) is 11.3. The molecule has 0 spiro atoms. The normalized spacial score (nSPS) is 10.9. The monoisotopic (exact) mass is 249 g/mol. The van der Waals surface area contributed by atoms with Crippen LogP contribution in [0.15, 0.2) is 23.7 Å². The predicted molar refractivity (Wildman–Crippen MR) is 76.1 cm³/mol. The van der Waals surface area contributed by atoms with Gasteiger partial charge in [-0.25, -0.2) is 4.98 Å². The summed E-state index contributed by atoms with van der Waals surface area (Å²) >= 11 is 1.77. The second kappa shape index (κ2) is 5.98. The second-order valence-electron chi connectivity index (χ2n) is 4.14. The van der Waals surface area contributed by atoms with Crippen molar-refractivity contribution >= 4 is 27.2 Å². The smallest absolute Gasteiger partial charge is 0.137 e. The minimum absolute atomic E-state index is 0.988. The van der Waals surface area contributed by atoms with Crippen LogP contribution in [0.3, 0.4) is 0 Å². The number of hydrogen-bond acceptors (Lipinski definition) is 4. The molecule has 0 unspecified atom stereocenters. The van der Waals surface area contributed by atoms with Gasteiger partial charge in [-0.3, -0.25) is 0 Å². The van der Waals surface area contributed by atoms with Crippen molar-refractivity contribution < 1.29 is 0 Å². The Hall–Kier alpha value is -1.13. The van der Waals surface area contributed by atoms with Crippen molar-refractivity contribution in [1.82, 2.24) is 10.3 Å². The van der Waals surface area contributed by atoms with Crippen LogP contribution in [-0.4, -0.2) is 31.7 Å². The number of rotatable bonds is 6. The molecule has 2 rings (SSSR count). The summed E-state index contributed by atoms with van der Waals surface area (Å²) in [4.78, 5) is 6.70. The molecule has 0 radical (unpaired) electrons. The van der Waals surface area contributed by atoms with Crippen molar-refractivity contribution in [2.24, 2.45) is 0 Å². The third-order valence-electron chi connectivity index (χ3n) is 2.77. The van der Waals surface area contributed by atoms with Crippen molar-refractivity contribution in [3.63, 3.8) is 0 Å². The second-order valence-corrected chi connectivity index (χ2v) is 5.09. The molecule has 1 N–H and O–H groups in total. The first kappa shape index (κ1) is 12.3. The summed E-state index contributed by atoms with van der Waals surface area (Å²) in [5, 5.41) is 6.79. The van der Waals surface area contributed by atoms with Gasteiger partial charge >= 0.3 is 0 Å². The average Bonchev–Trinajstić information content (AvgIpc) is 2.82. The Bertz CT molecular complexity index is 466. The quantitative estimate of drug-likeness (QED) is 0.798. The van der Waals surface area contributed by atoms with Gasteiger partial charge in [0, 0.05) is 36.4 Å². The van der Waals surface area contributed by atoms with Crippen molar-refractivity contribution in [2.45, 2.75) is 13.3 Å². The van der Waals surface area contributed by atoms with Crippen LogP contribution in [-0.2, 0) is 0 Å². The highest BCUT2D eigenvalue weighted by Gasteiger charge is 2.07. The summed E-state index contributed by atoms with van der Waals surface area (Å²) in [7, 11) is 2.10. The van der Waals surface area contributed by atoms with Gasteiger partial charge in [-0.15, -0.1) is 11.3 Å². The molecule has 17 heavy (non-hydrogen) atoms. The third-order valence-corrected chi connectivity index (χ3v) is 3.65. The van der Waals surface area contributed by atoms with Gasteiger partial charge in [0.2, 0.25) is 0 Å². The lowest BCUT2D eigenvalue weighted by molar-refractivity contribution is 0.664. The molecular formula is C13H19N3S. The Balaban J connectivity index is 2.03. The van der Waals surface area contributed by atoms with E-state index in [2.05, 4.69) is 46.7 Å². The number of anilines is 1. The standard InChI is InChI=1S/C13H19N3S/c1-3-6-14-8-9-16(2)13-11-5-10-17-12(11)4-7-15-13/h4-5,7,10,14H,3,6,8-9H2,1-2H3. The van der Waals surface area contributed by atoms with Gasteiger partial charge < -0.3 is 10.2 Å². The van der Waals surface area contributed by atoms with E-state index in [0.717, 1.165) is 25.5 Å². The fourth-order valence-electron chi connectivity index (χ4n) is 1.84. The van der Waals surface area contributed by atoms with Gasteiger partial charge in [0.15, 0.2) is 0 Å². The molecule has 3 nitrogen and oxygen atoms in total. The van der Waals surface area contributed by atoms with Crippen LogP contribution < -0.4 is 10.2 Å². The van der Waals surface area contributed by atoms with E-state index in [1.807, 2.05) is 6.20 Å². The first-order valence-corrected chi connectivity index (χ1v) is 6.95. The fourth-order valence-corrected chi connectivity index (χ4v) is 2.61. The number of pyridine rings is 1. The van der Waals surface area contributed by atoms with Crippen molar-refractivity contribution in [3.8, 4) is 0 Å². The van der Waals surface area contributed by atoms with Crippen LogP contribution in [0.25, 0.3) is 10.1 Å². The molecule has 0 fully saturated rings. The number of likely N-dealkylation sites (N-methyl/N-ethyl adjacent to an activating group) is 1. The van der Waals surface area contributed by atoms with E-state index in [0.29, 0.717) is 0 Å². The Morgan fingerprint density at radius 2 is 2.24 bits per heavy atom. The third kappa shape index (κ3) is 2.96. The van der Waals surface area contributed by atoms with Crippen LogP contribution in [0.1, 0.15) is 13.3 Å². The van der Waals surface area contributed by atoms with Crippen LogP contribution in [0.4, 0.5) is 5.82 Å². The van der Waals surface area contributed by atoms with Gasteiger partial charge in [-0.05, 0) is 30.5 Å². The molecule has 2 aromatic rings. The first-order chi connectivity index (χ1) is 8.33. The lowest BCUT2D eigenvalue weighted by Gasteiger charge is -2.19. The highest BCUT2D eigenvalue weighted by Crippen LogP contribution is 2.27. The van der Waals surface area contributed by atoms with E-state index >= 15 is 0 Å². The van der Waals surface area contributed by atoms with E-state index in [9.17, 15) is 0 Å². The van der Waals surface area contributed by atoms with E-state index in [-0.39, 0.29) is 0 Å². The zero-order chi connectivity index (χ0) is 12.1. The van der Waals surface area contributed by atoms with Crippen LogP contribution in [0.2, 0.25) is 0 Å². The van der Waals surface area contributed by atoms with Crippen LogP contribution in [0.5, 0.6) is 0 Å². The number of aromatic nitrogens is 1. The van der Waals surface area contributed by atoms with E-state index in [4.69, 9.17) is 0 Å². The molecule has 0 aliphatic carbocycles. The Kier molecular flexibility index (Phi) is 4.34. The largest absolute Gasteiger partial charge is 0.358 e. The first-order valence-electron chi connectivity index (χ1n) is 6.07. The number of nitrogens with one attached hydrogen (secondary N) is 1. The zero-order valence-electron chi connectivity index (χ0n) is 10.4. The number of thiophene rings is 1. The number of hydrogen-bond donors (Lipinski definition) is 1. The Morgan fingerprint density at radius 3 is 3.06 bits per heavy atom.